The maximum Gasteiger partial charge on any atom is 0.282 e. The molecular weight excluding hydrogens is 328 g/mol. The normalized spacial score (nSPS) is 16.5. The fraction of sp³-hybridized carbons (Fsp3) is 0.385. The molecule has 2 amide bonds. The molecule has 0 saturated carbocycles. The third-order valence-electron chi connectivity index (χ3n) is 2.93. The van der Waals surface area contributed by atoms with Gasteiger partial charge in [-0.2, -0.15) is 0 Å². The Morgan fingerprint density at radius 1 is 1.53 bits per heavy atom. The van der Waals surface area contributed by atoms with Crippen molar-refractivity contribution >= 4 is 38.8 Å². The molecule has 19 heavy (non-hydrogen) atoms. The second kappa shape index (κ2) is 6.43. The summed E-state index contributed by atoms with van der Waals surface area (Å²) in [4.78, 5) is 24.9. The first kappa shape index (κ1) is 14.4. The summed E-state index contributed by atoms with van der Waals surface area (Å²) in [7, 11) is 0. The van der Waals surface area contributed by atoms with E-state index < -0.39 is 0 Å². The van der Waals surface area contributed by atoms with Crippen LogP contribution in [0.4, 0.5) is 4.79 Å². The SMILES string of the molecule is C[C@@H](NC(=O)CN1CCSC1=O)c1ccccc1Br. The maximum atomic E-state index is 11.9. The van der Waals surface area contributed by atoms with Crippen LogP contribution in [0.15, 0.2) is 28.7 Å². The number of nitrogens with zero attached hydrogens (tertiary/aromatic N) is 1. The number of rotatable bonds is 4. The minimum Gasteiger partial charge on any atom is -0.348 e. The molecule has 2 rings (SSSR count). The number of nitrogens with one attached hydrogen (secondary N) is 1. The Balaban J connectivity index is 1.92. The molecule has 0 spiro atoms. The molecule has 0 bridgehead atoms. The van der Waals surface area contributed by atoms with E-state index in [4.69, 9.17) is 0 Å². The lowest BCUT2D eigenvalue weighted by Gasteiger charge is -2.19. The maximum absolute atomic E-state index is 11.9. The van der Waals surface area contributed by atoms with E-state index in [1.807, 2.05) is 31.2 Å². The van der Waals surface area contributed by atoms with Crippen molar-refractivity contribution in [2.24, 2.45) is 0 Å². The van der Waals surface area contributed by atoms with Crippen LogP contribution in [0.1, 0.15) is 18.5 Å². The summed E-state index contributed by atoms with van der Waals surface area (Å²) in [6.07, 6.45) is 0. The number of halogens is 1. The van der Waals surface area contributed by atoms with Crippen molar-refractivity contribution in [1.82, 2.24) is 10.2 Å². The highest BCUT2D eigenvalue weighted by molar-refractivity contribution is 9.10. The van der Waals surface area contributed by atoms with Crippen LogP contribution in [0.5, 0.6) is 0 Å². The molecule has 0 aliphatic carbocycles. The van der Waals surface area contributed by atoms with Gasteiger partial charge in [-0.1, -0.05) is 45.9 Å². The Labute approximate surface area is 125 Å². The van der Waals surface area contributed by atoms with Crippen LogP contribution in [-0.2, 0) is 4.79 Å². The van der Waals surface area contributed by atoms with Crippen LogP contribution in [0.2, 0.25) is 0 Å². The number of benzene rings is 1. The van der Waals surface area contributed by atoms with E-state index in [0.29, 0.717) is 6.54 Å². The molecule has 0 unspecified atom stereocenters. The molecule has 1 aliphatic heterocycles. The Hall–Kier alpha value is -1.01. The molecule has 1 aliphatic rings. The molecule has 1 saturated heterocycles. The molecule has 0 radical (unpaired) electrons. The fourth-order valence-electron chi connectivity index (χ4n) is 1.93. The first-order valence-corrected chi connectivity index (χ1v) is 7.81. The summed E-state index contributed by atoms with van der Waals surface area (Å²) in [6.45, 7) is 2.72. The number of hydrogen-bond donors (Lipinski definition) is 1. The molecule has 6 heteroatoms. The largest absolute Gasteiger partial charge is 0.348 e. The Kier molecular flexibility index (Phi) is 4.87. The molecule has 102 valence electrons. The molecule has 1 aromatic carbocycles. The van der Waals surface area contributed by atoms with Crippen LogP contribution < -0.4 is 5.32 Å². The predicted molar refractivity (Wildman–Crippen MR) is 80.1 cm³/mol. The molecule has 4 nitrogen and oxygen atoms in total. The monoisotopic (exact) mass is 342 g/mol. The first-order valence-electron chi connectivity index (χ1n) is 6.03. The van der Waals surface area contributed by atoms with Crippen LogP contribution in [0, 0.1) is 0 Å². The van der Waals surface area contributed by atoms with Gasteiger partial charge in [-0.3, -0.25) is 9.59 Å². The van der Waals surface area contributed by atoms with E-state index in [9.17, 15) is 9.59 Å². The van der Waals surface area contributed by atoms with Gasteiger partial charge in [0.25, 0.3) is 5.24 Å². The van der Waals surface area contributed by atoms with Crippen LogP contribution in [-0.4, -0.2) is 34.9 Å². The summed E-state index contributed by atoms with van der Waals surface area (Å²) < 4.78 is 0.968. The number of hydrogen-bond acceptors (Lipinski definition) is 3. The van der Waals surface area contributed by atoms with Crippen molar-refractivity contribution in [1.29, 1.82) is 0 Å². The molecule has 1 N–H and O–H groups in total. The van der Waals surface area contributed by atoms with Gasteiger partial charge in [0, 0.05) is 16.8 Å². The summed E-state index contributed by atoms with van der Waals surface area (Å²) >= 11 is 4.73. The Morgan fingerprint density at radius 2 is 2.26 bits per heavy atom. The van der Waals surface area contributed by atoms with E-state index in [1.165, 1.54) is 11.8 Å². The van der Waals surface area contributed by atoms with Crippen LogP contribution in [0.3, 0.4) is 0 Å². The Bertz CT molecular complexity index is 495. The lowest BCUT2D eigenvalue weighted by molar-refractivity contribution is -0.122. The number of thioether (sulfide) groups is 1. The van der Waals surface area contributed by atoms with Crippen molar-refractivity contribution in [3.05, 3.63) is 34.3 Å². The summed E-state index contributed by atoms with van der Waals surface area (Å²) in [5, 5.41) is 2.90. The molecule has 1 heterocycles. The van der Waals surface area contributed by atoms with E-state index in [0.717, 1.165) is 15.8 Å². The minimum absolute atomic E-state index is 0.0105. The zero-order valence-electron chi connectivity index (χ0n) is 10.6. The number of amides is 2. The molecule has 0 aromatic heterocycles. The van der Waals surface area contributed by atoms with Crippen molar-refractivity contribution in [3.63, 3.8) is 0 Å². The van der Waals surface area contributed by atoms with E-state index in [-0.39, 0.29) is 23.7 Å². The Morgan fingerprint density at radius 3 is 2.89 bits per heavy atom. The van der Waals surface area contributed by atoms with E-state index >= 15 is 0 Å². The average molecular weight is 343 g/mol. The number of carbonyl (C=O) groups excluding carboxylic acids is 2. The molecule has 1 fully saturated rings. The van der Waals surface area contributed by atoms with Crippen molar-refractivity contribution < 1.29 is 9.59 Å². The second-order valence-corrected chi connectivity index (χ2v) is 6.25. The highest BCUT2D eigenvalue weighted by Crippen LogP contribution is 2.23. The van der Waals surface area contributed by atoms with Crippen LogP contribution in [0.25, 0.3) is 0 Å². The third kappa shape index (κ3) is 3.73. The van der Waals surface area contributed by atoms with Gasteiger partial charge in [-0.25, -0.2) is 0 Å². The smallest absolute Gasteiger partial charge is 0.282 e. The van der Waals surface area contributed by atoms with E-state index in [1.54, 1.807) is 4.90 Å². The van der Waals surface area contributed by atoms with Gasteiger partial charge in [-0.05, 0) is 18.6 Å². The van der Waals surface area contributed by atoms with Crippen molar-refractivity contribution in [2.75, 3.05) is 18.8 Å². The van der Waals surface area contributed by atoms with E-state index in [2.05, 4.69) is 21.2 Å². The summed E-state index contributed by atoms with van der Waals surface area (Å²) in [6, 6.07) is 7.68. The second-order valence-electron chi connectivity index (χ2n) is 4.35. The van der Waals surface area contributed by atoms with Crippen molar-refractivity contribution in [3.8, 4) is 0 Å². The van der Waals surface area contributed by atoms with Crippen molar-refractivity contribution in [2.45, 2.75) is 13.0 Å². The van der Waals surface area contributed by atoms with Gasteiger partial charge >= 0.3 is 0 Å². The highest BCUT2D eigenvalue weighted by atomic mass is 79.9. The highest BCUT2D eigenvalue weighted by Gasteiger charge is 2.23. The summed E-state index contributed by atoms with van der Waals surface area (Å²) in [5.41, 5.74) is 1.03. The molecule has 1 atom stereocenters. The first-order chi connectivity index (χ1) is 9.08. The zero-order valence-corrected chi connectivity index (χ0v) is 13.0. The molecular formula is C13H15BrN2O2S. The van der Waals surface area contributed by atoms with Gasteiger partial charge in [0.1, 0.15) is 6.54 Å². The zero-order chi connectivity index (χ0) is 13.8. The van der Waals surface area contributed by atoms with Gasteiger partial charge in [0.05, 0.1) is 6.04 Å². The van der Waals surface area contributed by atoms with Gasteiger partial charge in [0.15, 0.2) is 0 Å². The predicted octanol–water partition coefficient (Wildman–Crippen LogP) is 2.80. The van der Waals surface area contributed by atoms with Gasteiger partial charge in [-0.15, -0.1) is 0 Å². The molecule has 1 aromatic rings. The lowest BCUT2D eigenvalue weighted by atomic mass is 10.1. The van der Waals surface area contributed by atoms with Gasteiger partial charge < -0.3 is 10.2 Å². The number of carbonyl (C=O) groups is 2. The van der Waals surface area contributed by atoms with Gasteiger partial charge in [0.2, 0.25) is 5.91 Å². The average Bonchev–Trinajstić information content (AvgIpc) is 2.75. The van der Waals surface area contributed by atoms with Crippen LogP contribution >= 0.6 is 27.7 Å². The third-order valence-corrected chi connectivity index (χ3v) is 4.54. The minimum atomic E-state index is -0.126. The standard InChI is InChI=1S/C13H15BrN2O2S/c1-9(10-4-2-3-5-11(10)14)15-12(17)8-16-6-7-19-13(16)18/h2-5,9H,6-8H2,1H3,(H,15,17)/t9-/m1/s1. The lowest BCUT2D eigenvalue weighted by Crippen LogP contribution is -2.38. The quantitative estimate of drug-likeness (QED) is 0.915. The summed E-state index contributed by atoms with van der Waals surface area (Å²) in [5.74, 6) is 0.644. The fourth-order valence-corrected chi connectivity index (χ4v) is 3.39. The topological polar surface area (TPSA) is 49.4 Å².